The maximum atomic E-state index is 14.8. The van der Waals surface area contributed by atoms with Crippen LogP contribution in [-0.4, -0.2) is 49.4 Å². The van der Waals surface area contributed by atoms with Gasteiger partial charge in [-0.1, -0.05) is 0 Å². The highest BCUT2D eigenvalue weighted by Crippen LogP contribution is 2.29. The number of halogens is 1. The lowest BCUT2D eigenvalue weighted by Gasteiger charge is -2.28. The first-order valence-electron chi connectivity index (χ1n) is 9.69. The molecule has 0 aliphatic carbocycles. The highest BCUT2D eigenvalue weighted by molar-refractivity contribution is 5.84. The second-order valence-corrected chi connectivity index (χ2v) is 7.87. The second kappa shape index (κ2) is 6.38. The zero-order chi connectivity index (χ0) is 19.4. The molecule has 1 aliphatic rings. The summed E-state index contributed by atoms with van der Waals surface area (Å²) in [6, 6.07) is 5.81. The van der Waals surface area contributed by atoms with Crippen LogP contribution in [0.15, 0.2) is 30.6 Å². The third-order valence-electron chi connectivity index (χ3n) is 5.70. The highest BCUT2D eigenvalue weighted by Gasteiger charge is 2.20. The molecule has 0 amide bonds. The van der Waals surface area contributed by atoms with Gasteiger partial charge in [-0.25, -0.2) is 8.91 Å². The first-order chi connectivity index (χ1) is 13.5. The SMILES string of the molecule is Cc1cn2nc(-c3cc(F)c4nn(C5CCN(C)CC5)cc4c3)cc2c(C)n1. The van der Waals surface area contributed by atoms with E-state index < -0.39 is 0 Å². The van der Waals surface area contributed by atoms with E-state index in [-0.39, 0.29) is 5.82 Å². The normalized spacial score (nSPS) is 16.4. The number of likely N-dealkylation sites (tertiary alicyclic amines) is 1. The summed E-state index contributed by atoms with van der Waals surface area (Å²) in [6.45, 7) is 5.99. The molecule has 4 heterocycles. The first-order valence-corrected chi connectivity index (χ1v) is 9.69. The largest absolute Gasteiger partial charge is 0.306 e. The molecular weight excluding hydrogens is 355 g/mol. The van der Waals surface area contributed by atoms with Crippen molar-refractivity contribution in [2.45, 2.75) is 32.7 Å². The summed E-state index contributed by atoms with van der Waals surface area (Å²) in [5.41, 5.74) is 4.68. The zero-order valence-electron chi connectivity index (χ0n) is 16.4. The van der Waals surface area contributed by atoms with Crippen LogP contribution in [0.2, 0.25) is 0 Å². The van der Waals surface area contributed by atoms with Gasteiger partial charge in [0, 0.05) is 17.1 Å². The van der Waals surface area contributed by atoms with E-state index in [9.17, 15) is 4.39 Å². The van der Waals surface area contributed by atoms with E-state index >= 15 is 0 Å². The van der Waals surface area contributed by atoms with Crippen molar-refractivity contribution >= 4 is 16.4 Å². The van der Waals surface area contributed by atoms with Gasteiger partial charge in [0.1, 0.15) is 5.52 Å². The Morgan fingerprint density at radius 2 is 1.82 bits per heavy atom. The van der Waals surface area contributed by atoms with Crippen LogP contribution in [0, 0.1) is 19.7 Å². The molecule has 1 aromatic carbocycles. The lowest BCUT2D eigenvalue weighted by Crippen LogP contribution is -2.31. The summed E-state index contributed by atoms with van der Waals surface area (Å²) >= 11 is 0. The van der Waals surface area contributed by atoms with Gasteiger partial charge in [-0.2, -0.15) is 10.2 Å². The van der Waals surface area contributed by atoms with E-state index in [4.69, 9.17) is 0 Å². The van der Waals surface area contributed by atoms with Crippen molar-refractivity contribution in [3.63, 3.8) is 0 Å². The van der Waals surface area contributed by atoms with E-state index in [0.717, 1.165) is 59.5 Å². The molecule has 6 nitrogen and oxygen atoms in total. The number of fused-ring (bicyclic) bond motifs is 2. The third kappa shape index (κ3) is 2.86. The van der Waals surface area contributed by atoms with E-state index in [2.05, 4.69) is 27.1 Å². The topological polar surface area (TPSA) is 51.3 Å². The molecule has 144 valence electrons. The van der Waals surface area contributed by atoms with E-state index in [1.165, 1.54) is 6.07 Å². The van der Waals surface area contributed by atoms with Crippen LogP contribution in [0.5, 0.6) is 0 Å². The van der Waals surface area contributed by atoms with Gasteiger partial charge >= 0.3 is 0 Å². The fourth-order valence-electron chi connectivity index (χ4n) is 4.14. The van der Waals surface area contributed by atoms with Crippen LogP contribution < -0.4 is 0 Å². The first kappa shape index (κ1) is 17.3. The van der Waals surface area contributed by atoms with Crippen LogP contribution in [0.4, 0.5) is 4.39 Å². The predicted molar refractivity (Wildman–Crippen MR) is 107 cm³/mol. The molecular formula is C21H23FN6. The number of piperidine rings is 1. The van der Waals surface area contributed by atoms with Gasteiger partial charge in [-0.3, -0.25) is 9.67 Å². The van der Waals surface area contributed by atoms with Gasteiger partial charge in [0.25, 0.3) is 0 Å². The minimum Gasteiger partial charge on any atom is -0.306 e. The second-order valence-electron chi connectivity index (χ2n) is 7.87. The Labute approximate surface area is 162 Å². The van der Waals surface area contributed by atoms with Crippen LogP contribution in [0.1, 0.15) is 30.3 Å². The maximum Gasteiger partial charge on any atom is 0.151 e. The molecule has 0 spiro atoms. The fraction of sp³-hybridized carbons (Fsp3) is 0.381. The van der Waals surface area contributed by atoms with Gasteiger partial charge in [-0.05, 0) is 65.0 Å². The fourth-order valence-corrected chi connectivity index (χ4v) is 4.14. The molecule has 1 fully saturated rings. The molecule has 0 bridgehead atoms. The average Bonchev–Trinajstić information content (AvgIpc) is 3.27. The molecule has 3 aromatic heterocycles. The zero-order valence-corrected chi connectivity index (χ0v) is 16.4. The predicted octanol–water partition coefficient (Wildman–Crippen LogP) is 3.77. The number of aryl methyl sites for hydroxylation is 2. The summed E-state index contributed by atoms with van der Waals surface area (Å²) in [4.78, 5) is 6.80. The van der Waals surface area contributed by atoms with Crippen LogP contribution in [-0.2, 0) is 0 Å². The Morgan fingerprint density at radius 3 is 2.61 bits per heavy atom. The average molecular weight is 378 g/mol. The highest BCUT2D eigenvalue weighted by atomic mass is 19.1. The molecule has 28 heavy (non-hydrogen) atoms. The molecule has 0 unspecified atom stereocenters. The van der Waals surface area contributed by atoms with E-state index in [0.29, 0.717) is 11.6 Å². The summed E-state index contributed by atoms with van der Waals surface area (Å²) < 4.78 is 18.6. The lowest BCUT2D eigenvalue weighted by molar-refractivity contribution is 0.213. The number of hydrogen-bond acceptors (Lipinski definition) is 4. The monoisotopic (exact) mass is 378 g/mol. The Morgan fingerprint density at radius 1 is 1.04 bits per heavy atom. The molecule has 1 saturated heterocycles. The van der Waals surface area contributed by atoms with E-state index in [1.807, 2.05) is 47.6 Å². The summed E-state index contributed by atoms with van der Waals surface area (Å²) in [5.74, 6) is -0.303. The quantitative estimate of drug-likeness (QED) is 0.533. The van der Waals surface area contributed by atoms with Gasteiger partial charge < -0.3 is 4.90 Å². The molecule has 4 aromatic rings. The molecule has 7 heteroatoms. The molecule has 5 rings (SSSR count). The number of aromatic nitrogens is 5. The van der Waals surface area contributed by atoms with Crippen molar-refractivity contribution in [3.05, 3.63) is 47.8 Å². The maximum absolute atomic E-state index is 14.8. The number of benzene rings is 1. The van der Waals surface area contributed by atoms with Crippen molar-refractivity contribution in [3.8, 4) is 11.3 Å². The summed E-state index contributed by atoms with van der Waals surface area (Å²) in [6.07, 6.45) is 5.94. The van der Waals surface area contributed by atoms with Crippen LogP contribution in [0.25, 0.3) is 27.7 Å². The molecule has 0 atom stereocenters. The standard InChI is InChI=1S/C21H23FN6/c1-13-11-28-20(14(2)23-13)10-19(24-28)15-8-16-12-27(25-21(16)18(22)9-15)17-4-6-26(3)7-5-17/h8-12,17H,4-7H2,1-3H3. The summed E-state index contributed by atoms with van der Waals surface area (Å²) in [5, 5.41) is 10.0. The summed E-state index contributed by atoms with van der Waals surface area (Å²) in [7, 11) is 2.13. The Hall–Kier alpha value is -2.80. The third-order valence-corrected chi connectivity index (χ3v) is 5.70. The number of hydrogen-bond donors (Lipinski definition) is 0. The minimum absolute atomic E-state index is 0.303. The minimum atomic E-state index is -0.303. The Kier molecular flexibility index (Phi) is 3.94. The molecule has 1 aliphatic heterocycles. The van der Waals surface area contributed by atoms with Crippen molar-refractivity contribution < 1.29 is 4.39 Å². The van der Waals surface area contributed by atoms with Crippen molar-refractivity contribution in [2.75, 3.05) is 20.1 Å². The van der Waals surface area contributed by atoms with Gasteiger partial charge in [0.2, 0.25) is 0 Å². The Balaban J connectivity index is 1.57. The van der Waals surface area contributed by atoms with E-state index in [1.54, 1.807) is 0 Å². The van der Waals surface area contributed by atoms with Gasteiger partial charge in [-0.15, -0.1) is 0 Å². The van der Waals surface area contributed by atoms with Gasteiger partial charge in [0.15, 0.2) is 5.82 Å². The van der Waals surface area contributed by atoms with Crippen LogP contribution in [0.3, 0.4) is 0 Å². The van der Waals surface area contributed by atoms with Crippen molar-refractivity contribution in [1.29, 1.82) is 0 Å². The van der Waals surface area contributed by atoms with Crippen molar-refractivity contribution in [1.82, 2.24) is 29.3 Å². The molecule has 0 saturated carbocycles. The Bertz CT molecular complexity index is 1180. The van der Waals surface area contributed by atoms with Gasteiger partial charge in [0.05, 0.1) is 34.8 Å². The number of rotatable bonds is 2. The lowest BCUT2D eigenvalue weighted by atomic mass is 10.1. The smallest absolute Gasteiger partial charge is 0.151 e. The van der Waals surface area contributed by atoms with Crippen molar-refractivity contribution in [2.24, 2.45) is 0 Å². The molecule has 0 radical (unpaired) electrons. The molecule has 0 N–H and O–H groups in total. The number of nitrogens with zero attached hydrogens (tertiary/aromatic N) is 6. The van der Waals surface area contributed by atoms with Crippen LogP contribution >= 0.6 is 0 Å².